The summed E-state index contributed by atoms with van der Waals surface area (Å²) in [6.07, 6.45) is 0.608. The molecule has 0 heterocycles. The van der Waals surface area contributed by atoms with Crippen LogP contribution in [0.15, 0.2) is 24.3 Å². The molecule has 1 rings (SSSR count). The van der Waals surface area contributed by atoms with Gasteiger partial charge in [-0.05, 0) is 26.0 Å². The number of amides is 2. The maximum atomic E-state index is 11.6. The van der Waals surface area contributed by atoms with Crippen molar-refractivity contribution in [2.45, 2.75) is 19.9 Å². The zero-order valence-corrected chi connectivity index (χ0v) is 13.5. The molecule has 0 radical (unpaired) electrons. The van der Waals surface area contributed by atoms with Gasteiger partial charge in [-0.15, -0.1) is 0 Å². The first kappa shape index (κ1) is 19.1. The van der Waals surface area contributed by atoms with Gasteiger partial charge in [-0.3, -0.25) is 14.4 Å². The highest BCUT2D eigenvalue weighted by Gasteiger charge is 2.16. The Morgan fingerprint density at radius 1 is 1.21 bits per heavy atom. The molecule has 0 spiro atoms. The van der Waals surface area contributed by atoms with Gasteiger partial charge in [-0.2, -0.15) is 0 Å². The van der Waals surface area contributed by atoms with Crippen LogP contribution in [0.25, 0.3) is 0 Å². The standard InChI is InChI=1S/C16H20N2O6/c1-3-17-16(22)11(2)18-14(20)9-24-15(21)10-23-13-7-5-4-6-12(13)8-19/h4-8,11H,3,9-10H2,1-2H3,(H,17,22)(H,18,20)/t11-/m1/s1. The number of hydrogen-bond acceptors (Lipinski definition) is 6. The number of carbonyl (C=O) groups excluding carboxylic acids is 4. The van der Waals surface area contributed by atoms with Gasteiger partial charge >= 0.3 is 5.97 Å². The van der Waals surface area contributed by atoms with E-state index in [1.54, 1.807) is 25.1 Å². The predicted octanol–water partition coefficient (Wildman–Crippen LogP) is 0.0619. The third-order valence-corrected chi connectivity index (χ3v) is 2.88. The summed E-state index contributed by atoms with van der Waals surface area (Å²) in [5.74, 6) is -1.45. The van der Waals surface area contributed by atoms with Gasteiger partial charge in [0.1, 0.15) is 11.8 Å². The summed E-state index contributed by atoms with van der Waals surface area (Å²) in [5.41, 5.74) is 0.304. The van der Waals surface area contributed by atoms with E-state index < -0.39 is 31.1 Å². The van der Waals surface area contributed by atoms with E-state index in [0.29, 0.717) is 18.4 Å². The van der Waals surface area contributed by atoms with E-state index in [9.17, 15) is 19.2 Å². The fourth-order valence-electron chi connectivity index (χ4n) is 1.71. The van der Waals surface area contributed by atoms with Gasteiger partial charge in [0.05, 0.1) is 5.56 Å². The van der Waals surface area contributed by atoms with Crippen LogP contribution in [0.5, 0.6) is 5.75 Å². The van der Waals surface area contributed by atoms with Crippen LogP contribution >= 0.6 is 0 Å². The van der Waals surface area contributed by atoms with Gasteiger partial charge in [0.15, 0.2) is 19.5 Å². The van der Waals surface area contributed by atoms with Crippen molar-refractivity contribution < 1.29 is 28.7 Å². The maximum Gasteiger partial charge on any atom is 0.344 e. The minimum atomic E-state index is -0.767. The van der Waals surface area contributed by atoms with Crippen LogP contribution in [0.2, 0.25) is 0 Å². The Morgan fingerprint density at radius 3 is 2.58 bits per heavy atom. The number of carbonyl (C=O) groups is 4. The molecule has 0 saturated heterocycles. The molecule has 130 valence electrons. The summed E-state index contributed by atoms with van der Waals surface area (Å²) in [4.78, 5) is 45.4. The van der Waals surface area contributed by atoms with Crippen LogP contribution in [-0.4, -0.2) is 49.9 Å². The number of ether oxygens (including phenoxy) is 2. The van der Waals surface area contributed by atoms with Crippen molar-refractivity contribution in [3.8, 4) is 5.75 Å². The zero-order valence-electron chi connectivity index (χ0n) is 13.5. The number of aldehydes is 1. The summed E-state index contributed by atoms with van der Waals surface area (Å²) >= 11 is 0. The Morgan fingerprint density at radius 2 is 1.92 bits per heavy atom. The fraction of sp³-hybridized carbons (Fsp3) is 0.375. The quantitative estimate of drug-likeness (QED) is 0.487. The summed E-state index contributed by atoms with van der Waals surface area (Å²) in [7, 11) is 0. The molecule has 0 bridgehead atoms. The minimum Gasteiger partial charge on any atom is -0.481 e. The molecule has 0 aliphatic heterocycles. The molecule has 1 atom stereocenters. The van der Waals surface area contributed by atoms with E-state index in [1.807, 2.05) is 0 Å². The topological polar surface area (TPSA) is 111 Å². The van der Waals surface area contributed by atoms with E-state index in [2.05, 4.69) is 10.6 Å². The molecule has 0 aromatic heterocycles. The third-order valence-electron chi connectivity index (χ3n) is 2.88. The molecule has 0 aliphatic carbocycles. The van der Waals surface area contributed by atoms with Crippen molar-refractivity contribution >= 4 is 24.1 Å². The Balaban J connectivity index is 2.34. The van der Waals surface area contributed by atoms with Crippen LogP contribution in [0.4, 0.5) is 0 Å². The molecule has 8 nitrogen and oxygen atoms in total. The first-order valence-electron chi connectivity index (χ1n) is 7.37. The lowest BCUT2D eigenvalue weighted by molar-refractivity contribution is -0.150. The lowest BCUT2D eigenvalue weighted by atomic mass is 10.2. The average molecular weight is 336 g/mol. The van der Waals surface area contributed by atoms with Crippen LogP contribution in [0.1, 0.15) is 24.2 Å². The number of benzene rings is 1. The van der Waals surface area contributed by atoms with Crippen LogP contribution in [0, 0.1) is 0 Å². The number of hydrogen-bond donors (Lipinski definition) is 2. The lowest BCUT2D eigenvalue weighted by Gasteiger charge is -2.13. The van der Waals surface area contributed by atoms with Gasteiger partial charge < -0.3 is 20.1 Å². The van der Waals surface area contributed by atoms with Gasteiger partial charge in [0.25, 0.3) is 5.91 Å². The highest BCUT2D eigenvalue weighted by atomic mass is 16.6. The molecule has 0 saturated carbocycles. The van der Waals surface area contributed by atoms with Crippen LogP contribution < -0.4 is 15.4 Å². The maximum absolute atomic E-state index is 11.6. The molecule has 0 unspecified atom stereocenters. The normalized spacial score (nSPS) is 11.1. The number of likely N-dealkylation sites (N-methyl/N-ethyl adjacent to an activating group) is 1. The van der Waals surface area contributed by atoms with Crippen molar-refractivity contribution in [3.05, 3.63) is 29.8 Å². The SMILES string of the molecule is CCNC(=O)[C@@H](C)NC(=O)COC(=O)COc1ccccc1C=O. The molecule has 2 N–H and O–H groups in total. The summed E-state index contributed by atoms with van der Waals surface area (Å²) in [5, 5.41) is 4.95. The average Bonchev–Trinajstić information content (AvgIpc) is 2.58. The molecule has 1 aromatic carbocycles. The highest BCUT2D eigenvalue weighted by Crippen LogP contribution is 2.15. The van der Waals surface area contributed by atoms with Crippen molar-refractivity contribution in [2.24, 2.45) is 0 Å². The molecule has 0 aliphatic rings. The first-order valence-corrected chi connectivity index (χ1v) is 7.37. The Hall–Kier alpha value is -2.90. The third kappa shape index (κ3) is 6.47. The van der Waals surface area contributed by atoms with E-state index in [4.69, 9.17) is 9.47 Å². The molecule has 2 amide bonds. The van der Waals surface area contributed by atoms with Gasteiger partial charge in [0, 0.05) is 6.54 Å². The van der Waals surface area contributed by atoms with Crippen molar-refractivity contribution in [1.29, 1.82) is 0 Å². The second-order valence-electron chi connectivity index (χ2n) is 4.79. The molecule has 8 heteroatoms. The number of para-hydroxylation sites is 1. The van der Waals surface area contributed by atoms with E-state index >= 15 is 0 Å². The van der Waals surface area contributed by atoms with Crippen molar-refractivity contribution in [3.63, 3.8) is 0 Å². The molecular weight excluding hydrogens is 316 g/mol. The second kappa shape index (κ2) is 9.98. The summed E-state index contributed by atoms with van der Waals surface area (Å²) < 4.78 is 9.92. The van der Waals surface area contributed by atoms with E-state index in [0.717, 1.165) is 0 Å². The summed E-state index contributed by atoms with van der Waals surface area (Å²) in [6, 6.07) is 5.67. The number of rotatable bonds is 9. The number of esters is 1. The Kier molecular flexibility index (Phi) is 7.97. The monoisotopic (exact) mass is 336 g/mol. The van der Waals surface area contributed by atoms with Crippen molar-refractivity contribution in [1.82, 2.24) is 10.6 Å². The predicted molar refractivity (Wildman–Crippen MR) is 84.6 cm³/mol. The molecule has 1 aromatic rings. The minimum absolute atomic E-state index is 0.249. The Labute approximate surface area is 139 Å². The van der Waals surface area contributed by atoms with Crippen molar-refractivity contribution in [2.75, 3.05) is 19.8 Å². The van der Waals surface area contributed by atoms with E-state index in [1.165, 1.54) is 13.0 Å². The van der Waals surface area contributed by atoms with Crippen LogP contribution in [0.3, 0.4) is 0 Å². The molecular formula is C16H20N2O6. The van der Waals surface area contributed by atoms with Gasteiger partial charge in [-0.25, -0.2) is 4.79 Å². The van der Waals surface area contributed by atoms with Gasteiger partial charge in [-0.1, -0.05) is 12.1 Å². The van der Waals surface area contributed by atoms with E-state index in [-0.39, 0.29) is 11.7 Å². The second-order valence-corrected chi connectivity index (χ2v) is 4.79. The first-order chi connectivity index (χ1) is 11.5. The summed E-state index contributed by atoms with van der Waals surface area (Å²) in [6.45, 7) is 2.76. The molecule has 0 fully saturated rings. The zero-order chi connectivity index (χ0) is 17.9. The lowest BCUT2D eigenvalue weighted by Crippen LogP contribution is -2.46. The number of nitrogens with one attached hydrogen (secondary N) is 2. The van der Waals surface area contributed by atoms with Gasteiger partial charge in [0.2, 0.25) is 5.91 Å². The smallest absolute Gasteiger partial charge is 0.344 e. The largest absolute Gasteiger partial charge is 0.481 e. The fourth-order valence-corrected chi connectivity index (χ4v) is 1.71. The molecule has 24 heavy (non-hydrogen) atoms. The van der Waals surface area contributed by atoms with Crippen LogP contribution in [-0.2, 0) is 19.1 Å². The highest BCUT2D eigenvalue weighted by molar-refractivity contribution is 5.88. The Bertz CT molecular complexity index is 602.